The van der Waals surface area contributed by atoms with Crippen LogP contribution < -0.4 is 0 Å². The molecule has 1 fully saturated rings. The molecule has 0 bridgehead atoms. The summed E-state index contributed by atoms with van der Waals surface area (Å²) in [7, 11) is -3.62. The van der Waals surface area contributed by atoms with Gasteiger partial charge in [0.2, 0.25) is 10.0 Å². The zero-order valence-electron chi connectivity index (χ0n) is 17.5. The van der Waals surface area contributed by atoms with Gasteiger partial charge in [-0.3, -0.25) is 4.79 Å². The summed E-state index contributed by atoms with van der Waals surface area (Å²) in [4.78, 5) is 12.0. The molecule has 5 nitrogen and oxygen atoms in total. The third kappa shape index (κ3) is 5.11. The van der Waals surface area contributed by atoms with Crippen LogP contribution in [-0.4, -0.2) is 37.4 Å². The molecule has 0 radical (unpaired) electrons. The first-order valence-corrected chi connectivity index (χ1v) is 11.0. The number of nitrogens with zero attached hydrogens (tertiary/aromatic N) is 1. The zero-order valence-corrected chi connectivity index (χ0v) is 18.3. The maximum atomic E-state index is 13.1. The van der Waals surface area contributed by atoms with Crippen molar-refractivity contribution in [2.45, 2.75) is 58.0 Å². The number of rotatable bonds is 7. The minimum absolute atomic E-state index is 0.236. The van der Waals surface area contributed by atoms with E-state index in [2.05, 4.69) is 12.7 Å². The summed E-state index contributed by atoms with van der Waals surface area (Å²) >= 11 is 0. The van der Waals surface area contributed by atoms with Crippen LogP contribution in [0.3, 0.4) is 0 Å². The minimum atomic E-state index is -3.62. The largest absolute Gasteiger partial charge is 0.459 e. The Hall–Kier alpha value is -1.92. The van der Waals surface area contributed by atoms with E-state index in [4.69, 9.17) is 4.74 Å². The highest BCUT2D eigenvalue weighted by molar-refractivity contribution is 7.89. The molecule has 6 heteroatoms. The maximum absolute atomic E-state index is 13.1. The zero-order chi connectivity index (χ0) is 21.1. The highest BCUT2D eigenvalue weighted by Gasteiger charge is 2.46. The summed E-state index contributed by atoms with van der Waals surface area (Å²) in [5.74, 6) is -0.616. The molecule has 1 heterocycles. The summed E-state index contributed by atoms with van der Waals surface area (Å²) < 4.78 is 33.3. The molecular weight excluding hydrogens is 374 g/mol. The van der Waals surface area contributed by atoms with Gasteiger partial charge in [0.15, 0.2) is 0 Å². The molecule has 28 heavy (non-hydrogen) atoms. The molecule has 1 aromatic rings. The highest BCUT2D eigenvalue weighted by atomic mass is 32.2. The normalized spacial score (nSPS) is 19.9. The van der Waals surface area contributed by atoms with Crippen molar-refractivity contribution in [3.8, 4) is 0 Å². The molecule has 1 saturated heterocycles. The molecule has 0 spiro atoms. The van der Waals surface area contributed by atoms with Crippen molar-refractivity contribution >= 4 is 16.0 Å². The number of aryl methyl sites for hydroxylation is 1. The number of benzene rings is 1. The monoisotopic (exact) mass is 405 g/mol. The van der Waals surface area contributed by atoms with Crippen LogP contribution in [0.5, 0.6) is 0 Å². The second kappa shape index (κ2) is 8.62. The van der Waals surface area contributed by atoms with E-state index in [0.717, 1.165) is 17.6 Å². The van der Waals surface area contributed by atoms with Crippen molar-refractivity contribution in [1.29, 1.82) is 0 Å². The van der Waals surface area contributed by atoms with E-state index >= 15 is 0 Å². The lowest BCUT2D eigenvalue weighted by Gasteiger charge is -2.35. The van der Waals surface area contributed by atoms with E-state index in [1.54, 1.807) is 24.3 Å². The van der Waals surface area contributed by atoms with E-state index in [9.17, 15) is 13.2 Å². The predicted molar refractivity (Wildman–Crippen MR) is 111 cm³/mol. The van der Waals surface area contributed by atoms with Gasteiger partial charge in [-0.15, -0.1) is 0 Å². The molecule has 0 aromatic heterocycles. The van der Waals surface area contributed by atoms with Crippen LogP contribution in [0.25, 0.3) is 0 Å². The second-order valence-corrected chi connectivity index (χ2v) is 9.99. The van der Waals surface area contributed by atoms with Crippen LogP contribution in [0, 0.1) is 12.8 Å². The fourth-order valence-corrected chi connectivity index (χ4v) is 5.13. The number of carbonyl (C=O) groups is 1. The Morgan fingerprint density at radius 2 is 1.89 bits per heavy atom. The van der Waals surface area contributed by atoms with E-state index in [1.807, 2.05) is 27.7 Å². The van der Waals surface area contributed by atoms with Gasteiger partial charge in [0.25, 0.3) is 0 Å². The molecule has 0 unspecified atom stereocenters. The summed E-state index contributed by atoms with van der Waals surface area (Å²) in [5.41, 5.74) is 2.17. The van der Waals surface area contributed by atoms with Crippen molar-refractivity contribution in [3.63, 3.8) is 0 Å². The number of carbonyl (C=O) groups excluding carboxylic acids is 1. The Morgan fingerprint density at radius 3 is 2.43 bits per heavy atom. The van der Waals surface area contributed by atoms with Crippen LogP contribution >= 0.6 is 0 Å². The van der Waals surface area contributed by atoms with Crippen LogP contribution in [0.15, 0.2) is 53.0 Å². The average Bonchev–Trinajstić information content (AvgIpc) is 2.97. The van der Waals surface area contributed by atoms with Gasteiger partial charge < -0.3 is 4.74 Å². The third-order valence-corrected chi connectivity index (χ3v) is 7.05. The van der Waals surface area contributed by atoms with Gasteiger partial charge >= 0.3 is 5.97 Å². The Labute approximate surface area is 169 Å². The molecule has 2 rings (SSSR count). The van der Waals surface area contributed by atoms with Gasteiger partial charge in [-0.25, -0.2) is 8.42 Å². The lowest BCUT2D eigenvalue weighted by molar-refractivity contribution is -0.160. The van der Waals surface area contributed by atoms with Gasteiger partial charge in [0, 0.05) is 25.9 Å². The Bertz CT molecular complexity index is 866. The van der Waals surface area contributed by atoms with E-state index in [1.165, 1.54) is 16.8 Å². The number of allylic oxidation sites excluding steroid dienone is 2. The van der Waals surface area contributed by atoms with Crippen molar-refractivity contribution in [1.82, 2.24) is 4.31 Å². The number of hydrogen-bond donors (Lipinski definition) is 0. The molecule has 1 aliphatic rings. The van der Waals surface area contributed by atoms with Gasteiger partial charge in [-0.05, 0) is 52.7 Å². The molecule has 0 aliphatic carbocycles. The highest BCUT2D eigenvalue weighted by Crippen LogP contribution is 2.39. The fourth-order valence-electron chi connectivity index (χ4n) is 3.67. The lowest BCUT2D eigenvalue weighted by atomic mass is 9.82. The standard InChI is InChI=1S/C22H31NO4S/c1-16(2)8-7-13-22(6,27-19(5)24)21-15-23(14-18(21)4)28(25,26)20-11-9-17(3)10-12-20/h8-12,21H,4,7,13-15H2,1-3,5-6H3/t21-,22+/m1/s1. The lowest BCUT2D eigenvalue weighted by Crippen LogP contribution is -2.42. The second-order valence-electron chi connectivity index (χ2n) is 8.05. The first-order valence-electron chi connectivity index (χ1n) is 9.53. The van der Waals surface area contributed by atoms with Crippen LogP contribution in [0.4, 0.5) is 0 Å². The van der Waals surface area contributed by atoms with E-state index < -0.39 is 15.6 Å². The Balaban J connectivity index is 2.27. The van der Waals surface area contributed by atoms with Gasteiger partial charge in [0.05, 0.1) is 4.90 Å². The van der Waals surface area contributed by atoms with E-state index in [-0.39, 0.29) is 29.9 Å². The van der Waals surface area contributed by atoms with Gasteiger partial charge in [-0.2, -0.15) is 4.31 Å². The summed E-state index contributed by atoms with van der Waals surface area (Å²) in [6.07, 6.45) is 3.46. The smallest absolute Gasteiger partial charge is 0.303 e. The number of sulfonamides is 1. The van der Waals surface area contributed by atoms with Crippen LogP contribution in [-0.2, 0) is 19.6 Å². The number of esters is 1. The molecule has 2 atom stereocenters. The molecule has 0 N–H and O–H groups in total. The summed E-state index contributed by atoms with van der Waals surface area (Å²) in [6, 6.07) is 6.83. The topological polar surface area (TPSA) is 63.7 Å². The van der Waals surface area contributed by atoms with Crippen molar-refractivity contribution in [2.75, 3.05) is 13.1 Å². The Morgan fingerprint density at radius 1 is 1.29 bits per heavy atom. The van der Waals surface area contributed by atoms with Crippen molar-refractivity contribution < 1.29 is 17.9 Å². The summed E-state index contributed by atoms with van der Waals surface area (Å²) in [5, 5.41) is 0. The molecule has 0 amide bonds. The van der Waals surface area contributed by atoms with Gasteiger partial charge in [-0.1, -0.05) is 41.5 Å². The molecule has 1 aromatic carbocycles. The average molecular weight is 406 g/mol. The first kappa shape index (κ1) is 22.4. The van der Waals surface area contributed by atoms with E-state index in [0.29, 0.717) is 6.42 Å². The van der Waals surface area contributed by atoms with Crippen molar-refractivity contribution in [2.24, 2.45) is 5.92 Å². The molecular formula is C22H31NO4S. The SMILES string of the molecule is C=C1CN(S(=O)(=O)c2ccc(C)cc2)C[C@H]1[C@](C)(CCC=C(C)C)OC(C)=O. The van der Waals surface area contributed by atoms with Gasteiger partial charge in [0.1, 0.15) is 5.60 Å². The first-order chi connectivity index (χ1) is 13.0. The van der Waals surface area contributed by atoms with Crippen LogP contribution in [0.2, 0.25) is 0 Å². The molecule has 154 valence electrons. The number of hydrogen-bond acceptors (Lipinski definition) is 4. The minimum Gasteiger partial charge on any atom is -0.459 e. The molecule has 0 saturated carbocycles. The molecule has 1 aliphatic heterocycles. The van der Waals surface area contributed by atoms with Crippen LogP contribution in [0.1, 0.15) is 46.1 Å². The third-order valence-electron chi connectivity index (χ3n) is 5.22. The number of ether oxygens (including phenoxy) is 1. The maximum Gasteiger partial charge on any atom is 0.303 e. The predicted octanol–water partition coefficient (Wildman–Crippen LogP) is 4.24. The fraction of sp³-hybridized carbons (Fsp3) is 0.500. The quantitative estimate of drug-likeness (QED) is 0.503. The Kier molecular flexibility index (Phi) is 6.88. The van der Waals surface area contributed by atoms with Crippen molar-refractivity contribution in [3.05, 3.63) is 53.6 Å². The summed E-state index contributed by atoms with van der Waals surface area (Å²) in [6.45, 7) is 13.8.